The Hall–Kier alpha value is -1.61. The molecule has 3 nitrogen and oxygen atoms in total. The van der Waals surface area contributed by atoms with Crippen LogP contribution in [-0.4, -0.2) is 29.4 Å². The fourth-order valence-corrected chi connectivity index (χ4v) is 3.25. The Morgan fingerprint density at radius 3 is 2.39 bits per heavy atom. The molecule has 2 aromatic rings. The van der Waals surface area contributed by atoms with Crippen molar-refractivity contribution in [1.29, 1.82) is 0 Å². The second kappa shape index (κ2) is 6.87. The second-order valence-corrected chi connectivity index (χ2v) is 13.0. The molecular weight excluding hydrogens is 324 g/mol. The minimum atomic E-state index is -3.49. The second-order valence-electron chi connectivity index (χ2n) is 6.63. The van der Waals surface area contributed by atoms with Crippen LogP contribution >= 0.6 is 0 Å². The summed E-state index contributed by atoms with van der Waals surface area (Å²) in [6.07, 6.45) is 1.07. The molecule has 0 spiro atoms. The minimum Gasteiger partial charge on any atom is -0.269 e. The van der Waals surface area contributed by atoms with E-state index in [-0.39, 0.29) is 12.5 Å². The van der Waals surface area contributed by atoms with E-state index in [1.54, 1.807) is 0 Å². The first-order valence-electron chi connectivity index (χ1n) is 7.50. The molecule has 0 aliphatic rings. The molecule has 0 heterocycles. The van der Waals surface area contributed by atoms with Gasteiger partial charge < -0.3 is 0 Å². The summed E-state index contributed by atoms with van der Waals surface area (Å²) in [4.78, 5) is 0. The van der Waals surface area contributed by atoms with Crippen LogP contribution in [0.15, 0.2) is 42.5 Å². The summed E-state index contributed by atoms with van der Waals surface area (Å²) in [5.41, 5.74) is 4.35. The zero-order chi connectivity index (χ0) is 17.1. The molecule has 0 amide bonds. The summed E-state index contributed by atoms with van der Waals surface area (Å²) < 4.78 is 27.8. The normalized spacial score (nSPS) is 13.4. The highest BCUT2D eigenvalue weighted by molar-refractivity contribution is 7.85. The maximum Gasteiger partial charge on any atom is 0.264 e. The van der Waals surface area contributed by atoms with Gasteiger partial charge >= 0.3 is 0 Å². The van der Waals surface area contributed by atoms with Crippen molar-refractivity contribution in [1.82, 2.24) is 0 Å². The molecule has 2 rings (SSSR count). The van der Waals surface area contributed by atoms with Gasteiger partial charge in [-0.05, 0) is 16.3 Å². The molecule has 0 bridgehead atoms. The van der Waals surface area contributed by atoms with E-state index >= 15 is 0 Å². The highest BCUT2D eigenvalue weighted by Gasteiger charge is 2.16. The van der Waals surface area contributed by atoms with Gasteiger partial charge in [-0.15, -0.1) is 5.54 Å². The van der Waals surface area contributed by atoms with E-state index in [0.717, 1.165) is 22.6 Å². The highest BCUT2D eigenvalue weighted by atomic mass is 32.2. The number of fused-ring (bicyclic) bond motifs is 1. The van der Waals surface area contributed by atoms with Crippen LogP contribution in [0.25, 0.3) is 10.8 Å². The molecule has 5 heteroatoms. The lowest BCUT2D eigenvalue weighted by Gasteiger charge is -2.15. The molecule has 0 aliphatic heterocycles. The molecule has 0 fully saturated rings. The average molecular weight is 347 g/mol. The first kappa shape index (κ1) is 17.7. The molecule has 0 radical (unpaired) electrons. The van der Waals surface area contributed by atoms with Crippen molar-refractivity contribution >= 4 is 29.0 Å². The summed E-state index contributed by atoms with van der Waals surface area (Å²) >= 11 is 0. The lowest BCUT2D eigenvalue weighted by Crippen LogP contribution is -2.18. The Labute approximate surface area is 139 Å². The van der Waals surface area contributed by atoms with E-state index in [4.69, 9.17) is 4.18 Å². The van der Waals surface area contributed by atoms with E-state index in [9.17, 15) is 8.42 Å². The van der Waals surface area contributed by atoms with Crippen LogP contribution in [0.5, 0.6) is 0 Å². The predicted octanol–water partition coefficient (Wildman–Crippen LogP) is 3.78. The van der Waals surface area contributed by atoms with Gasteiger partial charge in [0.05, 0.1) is 18.8 Å². The van der Waals surface area contributed by atoms with Crippen molar-refractivity contribution in [3.8, 4) is 11.5 Å². The smallest absolute Gasteiger partial charge is 0.264 e. The van der Waals surface area contributed by atoms with Crippen molar-refractivity contribution in [3.63, 3.8) is 0 Å². The monoisotopic (exact) mass is 346 g/mol. The lowest BCUT2D eigenvalue weighted by atomic mass is 9.95. The molecule has 0 aromatic heterocycles. The summed E-state index contributed by atoms with van der Waals surface area (Å²) in [5, 5.41) is 2.20. The molecule has 23 heavy (non-hydrogen) atoms. The fourth-order valence-electron chi connectivity index (χ4n) is 2.26. The Morgan fingerprint density at radius 1 is 1.09 bits per heavy atom. The van der Waals surface area contributed by atoms with E-state index in [0.29, 0.717) is 0 Å². The third-order valence-corrected chi connectivity index (χ3v) is 4.73. The largest absolute Gasteiger partial charge is 0.269 e. The van der Waals surface area contributed by atoms with Gasteiger partial charge in [-0.2, -0.15) is 8.42 Å². The van der Waals surface area contributed by atoms with Crippen LogP contribution in [0.3, 0.4) is 0 Å². The van der Waals surface area contributed by atoms with Gasteiger partial charge in [0.25, 0.3) is 10.1 Å². The van der Waals surface area contributed by atoms with E-state index in [1.165, 1.54) is 0 Å². The molecule has 1 unspecified atom stereocenters. The predicted molar refractivity (Wildman–Crippen MR) is 98.6 cm³/mol. The Balaban J connectivity index is 2.48. The van der Waals surface area contributed by atoms with Gasteiger partial charge in [-0.25, -0.2) is 0 Å². The molecule has 1 atom stereocenters. The summed E-state index contributed by atoms with van der Waals surface area (Å²) in [7, 11) is -5.05. The van der Waals surface area contributed by atoms with Crippen molar-refractivity contribution in [2.24, 2.45) is 0 Å². The van der Waals surface area contributed by atoms with Gasteiger partial charge in [0.1, 0.15) is 8.07 Å². The van der Waals surface area contributed by atoms with Crippen LogP contribution in [-0.2, 0) is 14.3 Å². The van der Waals surface area contributed by atoms with Crippen LogP contribution in [0.4, 0.5) is 0 Å². The topological polar surface area (TPSA) is 43.4 Å². The van der Waals surface area contributed by atoms with E-state index < -0.39 is 18.2 Å². The standard InChI is InChI=1S/C18H22O3SSi/c1-22(19,20)21-14-16(12-13-23(2,3)4)18-11-7-9-15-8-5-6-10-17(15)18/h5-11,16H,14H2,1-4H3. The van der Waals surface area contributed by atoms with Crippen molar-refractivity contribution in [3.05, 3.63) is 48.0 Å². The zero-order valence-electron chi connectivity index (χ0n) is 14.0. The van der Waals surface area contributed by atoms with Crippen LogP contribution in [0.2, 0.25) is 19.6 Å². The van der Waals surface area contributed by atoms with Gasteiger partial charge in [-0.1, -0.05) is 68.0 Å². The van der Waals surface area contributed by atoms with Gasteiger partial charge in [-0.3, -0.25) is 4.18 Å². The number of hydrogen-bond acceptors (Lipinski definition) is 3. The van der Waals surface area contributed by atoms with Crippen molar-refractivity contribution in [2.75, 3.05) is 12.9 Å². The molecule has 0 aliphatic carbocycles. The third-order valence-electron chi connectivity index (χ3n) is 3.27. The van der Waals surface area contributed by atoms with Crippen molar-refractivity contribution < 1.29 is 12.6 Å². The SMILES string of the molecule is C[Si](C)(C)C#CC(COS(C)(=O)=O)c1cccc2ccccc12. The minimum absolute atomic E-state index is 0.0460. The molecule has 0 N–H and O–H groups in total. The van der Waals surface area contributed by atoms with Crippen molar-refractivity contribution in [2.45, 2.75) is 25.6 Å². The zero-order valence-corrected chi connectivity index (χ0v) is 15.8. The molecule has 0 saturated heterocycles. The maximum atomic E-state index is 11.4. The van der Waals surface area contributed by atoms with E-state index in [1.807, 2.05) is 42.5 Å². The highest BCUT2D eigenvalue weighted by Crippen LogP contribution is 2.26. The first-order valence-corrected chi connectivity index (χ1v) is 12.8. The van der Waals surface area contributed by atoms with Gasteiger partial charge in [0.15, 0.2) is 0 Å². The maximum absolute atomic E-state index is 11.4. The van der Waals surface area contributed by atoms with Crippen LogP contribution in [0, 0.1) is 11.5 Å². The number of benzene rings is 2. The quantitative estimate of drug-likeness (QED) is 0.481. The average Bonchev–Trinajstić information content (AvgIpc) is 2.45. The third kappa shape index (κ3) is 5.50. The molecule has 2 aromatic carbocycles. The Bertz CT molecular complexity index is 850. The Kier molecular flexibility index (Phi) is 5.30. The van der Waals surface area contributed by atoms with Gasteiger partial charge in [0, 0.05) is 0 Å². The summed E-state index contributed by atoms with van der Waals surface area (Å²) in [6.45, 7) is 6.54. The molecular formula is C18H22O3SSi. The Morgan fingerprint density at radius 2 is 1.74 bits per heavy atom. The molecule has 122 valence electrons. The first-order chi connectivity index (χ1) is 10.7. The fraction of sp³-hybridized carbons (Fsp3) is 0.333. The van der Waals surface area contributed by atoms with Crippen LogP contribution in [0.1, 0.15) is 11.5 Å². The lowest BCUT2D eigenvalue weighted by molar-refractivity contribution is 0.315. The summed E-state index contributed by atoms with van der Waals surface area (Å²) in [6, 6.07) is 14.1. The van der Waals surface area contributed by atoms with Crippen LogP contribution < -0.4 is 0 Å². The number of rotatable bonds is 4. The van der Waals surface area contributed by atoms with E-state index in [2.05, 4.69) is 31.1 Å². The van der Waals surface area contributed by atoms with Gasteiger partial charge in [0.2, 0.25) is 0 Å². The molecule has 0 saturated carbocycles. The number of hydrogen-bond donors (Lipinski definition) is 0. The summed E-state index contributed by atoms with van der Waals surface area (Å²) in [5.74, 6) is 3.00.